The minimum Gasteiger partial charge on any atom is -0.383 e. The molecule has 0 spiro atoms. The lowest BCUT2D eigenvalue weighted by Gasteiger charge is -2.25. The number of rotatable bonds is 5. The van der Waals surface area contributed by atoms with E-state index in [4.69, 9.17) is 4.74 Å². The number of benzene rings is 2. The zero-order chi connectivity index (χ0) is 16.1. The van der Waals surface area contributed by atoms with Crippen molar-refractivity contribution in [2.24, 2.45) is 0 Å². The van der Waals surface area contributed by atoms with Crippen LogP contribution >= 0.6 is 0 Å². The zero-order valence-electron chi connectivity index (χ0n) is 13.4. The minimum atomic E-state index is 0.0582. The summed E-state index contributed by atoms with van der Waals surface area (Å²) in [4.78, 5) is 14.7. The molecule has 1 aliphatic rings. The smallest absolute Gasteiger partial charge is 0.245 e. The molecule has 0 atom stereocenters. The predicted molar refractivity (Wildman–Crippen MR) is 92.2 cm³/mol. The highest BCUT2D eigenvalue weighted by Crippen LogP contribution is 2.35. The molecule has 3 rings (SSSR count). The Kier molecular flexibility index (Phi) is 5.05. The third-order valence-electron chi connectivity index (χ3n) is 4.14. The molecule has 1 aliphatic heterocycles. The van der Waals surface area contributed by atoms with Gasteiger partial charge in [0.05, 0.1) is 24.5 Å². The van der Waals surface area contributed by atoms with E-state index >= 15 is 0 Å². The quantitative estimate of drug-likeness (QED) is 0.863. The van der Waals surface area contributed by atoms with Gasteiger partial charge in [0.15, 0.2) is 0 Å². The maximum atomic E-state index is 12.9. The Hall–Kier alpha value is -2.17. The molecule has 1 N–H and O–H groups in total. The minimum absolute atomic E-state index is 0.0582. The number of hydrogen-bond donors (Lipinski definition) is 1. The number of ether oxygens (including phenoxy) is 1. The Morgan fingerprint density at radius 3 is 2.17 bits per heavy atom. The van der Waals surface area contributed by atoms with E-state index in [0.29, 0.717) is 19.7 Å². The van der Waals surface area contributed by atoms with Gasteiger partial charge in [0, 0.05) is 13.7 Å². The van der Waals surface area contributed by atoms with Gasteiger partial charge in [-0.3, -0.25) is 9.69 Å². The molecular formula is C19H22N2O2. The first-order valence-electron chi connectivity index (χ1n) is 7.99. The molecule has 0 saturated heterocycles. The van der Waals surface area contributed by atoms with E-state index in [1.54, 1.807) is 7.11 Å². The number of amides is 1. The summed E-state index contributed by atoms with van der Waals surface area (Å²) in [6, 6.07) is 16.3. The van der Waals surface area contributed by atoms with Gasteiger partial charge in [-0.2, -0.15) is 0 Å². The Balaban J connectivity index is 1.92. The molecule has 0 radical (unpaired) electrons. The van der Waals surface area contributed by atoms with Crippen molar-refractivity contribution in [2.75, 3.05) is 31.7 Å². The van der Waals surface area contributed by atoms with Gasteiger partial charge in [0.2, 0.25) is 5.91 Å². The summed E-state index contributed by atoms with van der Waals surface area (Å²) in [7, 11) is 1.66. The molecule has 0 bridgehead atoms. The summed E-state index contributed by atoms with van der Waals surface area (Å²) in [6.45, 7) is 1.56. The van der Waals surface area contributed by atoms with Crippen molar-refractivity contribution in [3.05, 3.63) is 59.7 Å². The number of nitrogens with zero attached hydrogens (tertiary/aromatic N) is 1. The number of hydrogen-bond acceptors (Lipinski definition) is 3. The van der Waals surface area contributed by atoms with E-state index in [1.807, 2.05) is 41.3 Å². The van der Waals surface area contributed by atoms with E-state index in [-0.39, 0.29) is 5.91 Å². The maximum absolute atomic E-state index is 12.9. The number of aryl methyl sites for hydroxylation is 2. The monoisotopic (exact) mass is 310 g/mol. The van der Waals surface area contributed by atoms with Gasteiger partial charge in [-0.15, -0.1) is 0 Å². The number of anilines is 2. The molecule has 4 heteroatoms. The molecule has 0 aromatic heterocycles. The second-order valence-electron chi connectivity index (χ2n) is 5.66. The molecule has 0 saturated carbocycles. The van der Waals surface area contributed by atoms with Crippen molar-refractivity contribution in [3.8, 4) is 0 Å². The normalized spacial score (nSPS) is 13.2. The van der Waals surface area contributed by atoms with Crippen LogP contribution in [0, 0.1) is 0 Å². The van der Waals surface area contributed by atoms with Crippen LogP contribution in [-0.4, -0.2) is 32.7 Å². The molecule has 120 valence electrons. The molecule has 23 heavy (non-hydrogen) atoms. The molecule has 1 heterocycles. The van der Waals surface area contributed by atoms with Gasteiger partial charge in [-0.05, 0) is 36.1 Å². The van der Waals surface area contributed by atoms with Gasteiger partial charge >= 0.3 is 0 Å². The summed E-state index contributed by atoms with van der Waals surface area (Å²) in [5.74, 6) is 0.0582. The Morgan fingerprint density at radius 1 is 1.04 bits per heavy atom. The van der Waals surface area contributed by atoms with Crippen LogP contribution in [0.3, 0.4) is 0 Å². The Morgan fingerprint density at radius 2 is 1.61 bits per heavy atom. The van der Waals surface area contributed by atoms with Crippen LogP contribution in [0.4, 0.5) is 11.4 Å². The van der Waals surface area contributed by atoms with Gasteiger partial charge in [0.25, 0.3) is 0 Å². The molecule has 1 amide bonds. The van der Waals surface area contributed by atoms with Gasteiger partial charge in [0.1, 0.15) is 0 Å². The fourth-order valence-corrected chi connectivity index (χ4v) is 3.00. The van der Waals surface area contributed by atoms with Crippen molar-refractivity contribution >= 4 is 17.3 Å². The summed E-state index contributed by atoms with van der Waals surface area (Å²) in [5.41, 5.74) is 4.43. The van der Waals surface area contributed by atoms with Crippen molar-refractivity contribution in [3.63, 3.8) is 0 Å². The lowest BCUT2D eigenvalue weighted by atomic mass is 10.0. The van der Waals surface area contributed by atoms with Crippen LogP contribution in [0.15, 0.2) is 48.5 Å². The van der Waals surface area contributed by atoms with Crippen molar-refractivity contribution < 1.29 is 9.53 Å². The first-order chi connectivity index (χ1) is 11.3. The van der Waals surface area contributed by atoms with Crippen molar-refractivity contribution in [2.45, 2.75) is 12.8 Å². The Labute approximate surface area is 137 Å². The molecule has 2 aromatic carbocycles. The first kappa shape index (κ1) is 15.7. The van der Waals surface area contributed by atoms with E-state index in [1.165, 1.54) is 11.1 Å². The number of carbonyl (C=O) groups is 1. The summed E-state index contributed by atoms with van der Waals surface area (Å²) in [5, 5.41) is 3.15. The van der Waals surface area contributed by atoms with Crippen LogP contribution < -0.4 is 10.2 Å². The molecule has 4 nitrogen and oxygen atoms in total. The number of carbonyl (C=O) groups excluding carboxylic acids is 1. The highest BCUT2D eigenvalue weighted by molar-refractivity contribution is 6.03. The van der Waals surface area contributed by atoms with Crippen LogP contribution in [0.5, 0.6) is 0 Å². The van der Waals surface area contributed by atoms with Crippen molar-refractivity contribution in [1.82, 2.24) is 5.32 Å². The summed E-state index contributed by atoms with van der Waals surface area (Å²) < 4.78 is 5.01. The predicted octanol–water partition coefficient (Wildman–Crippen LogP) is 2.69. The van der Waals surface area contributed by atoms with E-state index in [9.17, 15) is 4.79 Å². The topological polar surface area (TPSA) is 41.6 Å². The molecule has 0 unspecified atom stereocenters. The van der Waals surface area contributed by atoms with Crippen LogP contribution in [0.2, 0.25) is 0 Å². The first-order valence-corrected chi connectivity index (χ1v) is 7.99. The molecule has 0 aliphatic carbocycles. The van der Waals surface area contributed by atoms with E-state index < -0.39 is 0 Å². The van der Waals surface area contributed by atoms with Gasteiger partial charge in [-0.1, -0.05) is 36.4 Å². The number of methoxy groups -OCH3 is 1. The third-order valence-corrected chi connectivity index (χ3v) is 4.14. The lowest BCUT2D eigenvalue weighted by molar-refractivity contribution is -0.117. The van der Waals surface area contributed by atoms with Crippen LogP contribution in [0.1, 0.15) is 11.1 Å². The average molecular weight is 310 g/mol. The second kappa shape index (κ2) is 7.40. The number of nitrogens with one attached hydrogen (secondary N) is 1. The Bertz CT molecular complexity index is 637. The maximum Gasteiger partial charge on any atom is 0.245 e. The average Bonchev–Trinajstić information content (AvgIpc) is 2.75. The fraction of sp³-hybridized carbons (Fsp3) is 0.316. The lowest BCUT2D eigenvalue weighted by Crippen LogP contribution is -2.36. The number of fused-ring (bicyclic) bond motifs is 2. The summed E-state index contributed by atoms with van der Waals surface area (Å²) in [6.07, 6.45) is 1.90. The highest BCUT2D eigenvalue weighted by Gasteiger charge is 2.24. The zero-order valence-corrected chi connectivity index (χ0v) is 13.4. The van der Waals surface area contributed by atoms with Crippen LogP contribution in [-0.2, 0) is 22.4 Å². The number of para-hydroxylation sites is 2. The van der Waals surface area contributed by atoms with Crippen LogP contribution in [0.25, 0.3) is 0 Å². The standard InChI is InChI=1S/C19H22N2O2/c1-23-13-12-20-14-19(22)21-17-8-4-2-6-15(17)10-11-16-7-3-5-9-18(16)21/h2-9,20H,10-14H2,1H3. The van der Waals surface area contributed by atoms with Gasteiger partial charge in [-0.25, -0.2) is 0 Å². The summed E-state index contributed by atoms with van der Waals surface area (Å²) >= 11 is 0. The van der Waals surface area contributed by atoms with Crippen molar-refractivity contribution in [1.29, 1.82) is 0 Å². The SMILES string of the molecule is COCCNCC(=O)N1c2ccccc2CCc2ccccc21. The van der Waals surface area contributed by atoms with E-state index in [2.05, 4.69) is 17.4 Å². The second-order valence-corrected chi connectivity index (χ2v) is 5.66. The molecular weight excluding hydrogens is 288 g/mol. The van der Waals surface area contributed by atoms with E-state index in [0.717, 1.165) is 24.2 Å². The fourth-order valence-electron chi connectivity index (χ4n) is 3.00. The third kappa shape index (κ3) is 3.44. The largest absolute Gasteiger partial charge is 0.383 e. The molecule has 0 fully saturated rings. The highest BCUT2D eigenvalue weighted by atomic mass is 16.5. The van der Waals surface area contributed by atoms with Gasteiger partial charge < -0.3 is 10.1 Å². The molecule has 2 aromatic rings.